The van der Waals surface area contributed by atoms with Crippen molar-refractivity contribution in [3.8, 4) is 0 Å². The van der Waals surface area contributed by atoms with Crippen LogP contribution in [0, 0.1) is 33.5 Å². The van der Waals surface area contributed by atoms with Crippen LogP contribution in [0.3, 0.4) is 0 Å². The highest BCUT2D eigenvalue weighted by Gasteiger charge is 2.78. The Bertz CT molecular complexity index is 974. The molecule has 4 nitrogen and oxygen atoms in total. The molecule has 0 aromatic carbocycles. The summed E-state index contributed by atoms with van der Waals surface area (Å²) in [6.07, 6.45) is 13.3. The highest BCUT2D eigenvalue weighted by Crippen LogP contribution is 2.73. The zero-order chi connectivity index (χ0) is 25.7. The van der Waals surface area contributed by atoms with Crippen LogP contribution in [0.2, 0.25) is 0 Å². The van der Waals surface area contributed by atoms with E-state index in [1.807, 2.05) is 0 Å². The van der Waals surface area contributed by atoms with Gasteiger partial charge < -0.3 is 14.6 Å². The Morgan fingerprint density at radius 1 is 1.03 bits per heavy atom. The van der Waals surface area contributed by atoms with Crippen molar-refractivity contribution in [1.82, 2.24) is 0 Å². The molecule has 1 aliphatic heterocycles. The second-order valence-corrected chi connectivity index (χ2v) is 14.6. The first-order chi connectivity index (χ1) is 16.2. The first-order valence-corrected chi connectivity index (χ1v) is 14.0. The summed E-state index contributed by atoms with van der Waals surface area (Å²) in [4.78, 5) is 13.2. The number of hydrogen-bond acceptors (Lipinski definition) is 4. The topological polar surface area (TPSA) is 59.1 Å². The molecule has 0 aromatic heterocycles. The molecule has 1 N–H and O–H groups in total. The van der Waals surface area contributed by atoms with Crippen LogP contribution < -0.4 is 0 Å². The third kappa shape index (κ3) is 3.34. The highest BCUT2D eigenvalue weighted by atomic mass is 16.6. The number of allylic oxidation sites excluding steroid dienone is 3. The van der Waals surface area contributed by atoms with Gasteiger partial charge in [-0.15, -0.1) is 0 Å². The molecular weight excluding hydrogens is 436 g/mol. The molecule has 196 valence electrons. The summed E-state index contributed by atoms with van der Waals surface area (Å²) >= 11 is 0. The number of carbonyl (C=O) groups is 1. The number of aliphatic hydroxyl groups excluding tert-OH is 1. The molecule has 7 atom stereocenters. The molecule has 0 radical (unpaired) electrons. The fourth-order valence-corrected chi connectivity index (χ4v) is 9.44. The fourth-order valence-electron chi connectivity index (χ4n) is 9.44. The number of methoxy groups -OCH3 is 1. The number of ether oxygens (including phenoxy) is 2. The van der Waals surface area contributed by atoms with Gasteiger partial charge in [0.2, 0.25) is 0 Å². The van der Waals surface area contributed by atoms with E-state index in [0.29, 0.717) is 5.92 Å². The van der Waals surface area contributed by atoms with E-state index in [1.54, 1.807) is 7.11 Å². The lowest BCUT2D eigenvalue weighted by molar-refractivity contribution is -0.161. The molecule has 1 unspecified atom stereocenters. The normalized spacial score (nSPS) is 48.1. The standard InChI is InChI=1S/C31H48O4/c1-20-9-15-30(25(33)34-8)18-17-26(2,3)19-22(30)21(20)10-16-31-28(6)13-12-24(32)27(4,5)23(28)11-14-29(31,7)35-31/h10,16,22-24,32H,9,11-15,17-19H2,1-8H3/b16-10-/t22-,23?,24-,28-,29+,30+,31-/m0/s1. The molecule has 1 saturated heterocycles. The molecule has 0 aromatic rings. The minimum atomic E-state index is -0.398. The van der Waals surface area contributed by atoms with Crippen LogP contribution in [-0.4, -0.2) is 35.5 Å². The van der Waals surface area contributed by atoms with Crippen molar-refractivity contribution >= 4 is 5.97 Å². The lowest BCUT2D eigenvalue weighted by Gasteiger charge is -2.58. The van der Waals surface area contributed by atoms with Crippen LogP contribution >= 0.6 is 0 Å². The second-order valence-electron chi connectivity index (χ2n) is 14.6. The maximum atomic E-state index is 13.2. The molecule has 4 aliphatic carbocycles. The molecule has 5 rings (SSSR count). The molecule has 35 heavy (non-hydrogen) atoms. The van der Waals surface area contributed by atoms with Gasteiger partial charge in [-0.1, -0.05) is 46.3 Å². The number of esters is 1. The van der Waals surface area contributed by atoms with Crippen LogP contribution in [0.1, 0.15) is 106 Å². The maximum absolute atomic E-state index is 13.2. The monoisotopic (exact) mass is 484 g/mol. The quantitative estimate of drug-likeness (QED) is 0.355. The van der Waals surface area contributed by atoms with E-state index in [9.17, 15) is 9.90 Å². The van der Waals surface area contributed by atoms with Crippen molar-refractivity contribution in [1.29, 1.82) is 0 Å². The van der Waals surface area contributed by atoms with E-state index in [-0.39, 0.29) is 45.4 Å². The van der Waals surface area contributed by atoms with Gasteiger partial charge in [0.25, 0.3) is 0 Å². The SMILES string of the molecule is COC(=O)[C@@]12CCC(C)=C(/C=C\[C@@]34O[C@]3(C)CCC3C(C)(C)[C@@H](O)CC[C@@]34C)[C@@H]1CC(C)(C)CC2. The number of carbonyl (C=O) groups excluding carboxylic acids is 1. The Hall–Kier alpha value is -1.13. The van der Waals surface area contributed by atoms with Gasteiger partial charge in [-0.2, -0.15) is 0 Å². The van der Waals surface area contributed by atoms with Crippen molar-refractivity contribution < 1.29 is 19.4 Å². The van der Waals surface area contributed by atoms with Crippen molar-refractivity contribution in [3.63, 3.8) is 0 Å². The minimum absolute atomic E-state index is 0.00631. The molecule has 3 saturated carbocycles. The van der Waals surface area contributed by atoms with Crippen LogP contribution in [0.5, 0.6) is 0 Å². The Morgan fingerprint density at radius 3 is 2.43 bits per heavy atom. The van der Waals surface area contributed by atoms with E-state index < -0.39 is 5.41 Å². The fraction of sp³-hybridized carbons (Fsp3) is 0.839. The summed E-state index contributed by atoms with van der Waals surface area (Å²) in [7, 11) is 1.55. The van der Waals surface area contributed by atoms with E-state index in [1.165, 1.54) is 11.1 Å². The van der Waals surface area contributed by atoms with Gasteiger partial charge >= 0.3 is 5.97 Å². The summed E-state index contributed by atoms with van der Waals surface area (Å²) in [6, 6.07) is 0. The van der Waals surface area contributed by atoms with Crippen LogP contribution in [0.4, 0.5) is 0 Å². The minimum Gasteiger partial charge on any atom is -0.469 e. The molecule has 4 heteroatoms. The lowest BCUT2D eigenvalue weighted by atomic mass is 9.45. The maximum Gasteiger partial charge on any atom is 0.312 e. The van der Waals surface area contributed by atoms with Gasteiger partial charge in [0, 0.05) is 11.3 Å². The molecule has 4 fully saturated rings. The highest BCUT2D eigenvalue weighted by molar-refractivity contribution is 5.78. The van der Waals surface area contributed by atoms with Crippen LogP contribution in [0.25, 0.3) is 0 Å². The first kappa shape index (κ1) is 25.5. The van der Waals surface area contributed by atoms with Crippen molar-refractivity contribution in [2.45, 2.75) is 124 Å². The third-order valence-electron chi connectivity index (χ3n) is 11.9. The molecule has 1 heterocycles. The first-order valence-electron chi connectivity index (χ1n) is 14.0. The van der Waals surface area contributed by atoms with E-state index in [2.05, 4.69) is 60.6 Å². The Labute approximate surface area is 212 Å². The van der Waals surface area contributed by atoms with E-state index in [4.69, 9.17) is 9.47 Å². The van der Waals surface area contributed by atoms with Gasteiger partial charge in [-0.25, -0.2) is 0 Å². The Morgan fingerprint density at radius 2 is 1.74 bits per heavy atom. The number of hydrogen-bond donors (Lipinski definition) is 1. The Kier molecular flexibility index (Phi) is 5.61. The lowest BCUT2D eigenvalue weighted by Crippen LogP contribution is -2.59. The summed E-state index contributed by atoms with van der Waals surface area (Å²) in [5.74, 6) is 0.597. The third-order valence-corrected chi connectivity index (χ3v) is 11.9. The average Bonchev–Trinajstić information content (AvgIpc) is 3.42. The van der Waals surface area contributed by atoms with Crippen molar-refractivity contribution in [3.05, 3.63) is 23.3 Å². The number of rotatable bonds is 3. The summed E-state index contributed by atoms with van der Waals surface area (Å²) < 4.78 is 12.2. The zero-order valence-electron chi connectivity index (χ0n) is 23.4. The van der Waals surface area contributed by atoms with E-state index in [0.717, 1.165) is 57.8 Å². The second kappa shape index (κ2) is 7.69. The van der Waals surface area contributed by atoms with Crippen molar-refractivity contribution in [2.75, 3.05) is 7.11 Å². The molecule has 0 spiro atoms. The smallest absolute Gasteiger partial charge is 0.312 e. The molecule has 0 amide bonds. The summed E-state index contributed by atoms with van der Waals surface area (Å²) in [5, 5.41) is 10.9. The van der Waals surface area contributed by atoms with Crippen molar-refractivity contribution in [2.24, 2.45) is 33.5 Å². The van der Waals surface area contributed by atoms with Gasteiger partial charge in [0.15, 0.2) is 0 Å². The molecular formula is C31H48O4. The molecule has 0 bridgehead atoms. The number of fused-ring (bicyclic) bond motifs is 4. The average molecular weight is 485 g/mol. The zero-order valence-corrected chi connectivity index (χ0v) is 23.4. The number of aliphatic hydroxyl groups is 1. The summed E-state index contributed by atoms with van der Waals surface area (Å²) in [5.41, 5.74) is 2.02. The predicted octanol–water partition coefficient (Wildman–Crippen LogP) is 6.76. The predicted molar refractivity (Wildman–Crippen MR) is 139 cm³/mol. The van der Waals surface area contributed by atoms with Gasteiger partial charge in [-0.3, -0.25) is 4.79 Å². The van der Waals surface area contributed by atoms with Crippen LogP contribution in [0.15, 0.2) is 23.3 Å². The summed E-state index contributed by atoms with van der Waals surface area (Å²) in [6.45, 7) is 16.2. The van der Waals surface area contributed by atoms with Crippen LogP contribution in [-0.2, 0) is 14.3 Å². The molecule has 5 aliphatic rings. The Balaban J connectivity index is 1.55. The van der Waals surface area contributed by atoms with Gasteiger partial charge in [0.05, 0.1) is 24.2 Å². The van der Waals surface area contributed by atoms with E-state index >= 15 is 0 Å². The largest absolute Gasteiger partial charge is 0.469 e. The van der Waals surface area contributed by atoms with Gasteiger partial charge in [-0.05, 0) is 100 Å². The number of epoxide rings is 1. The van der Waals surface area contributed by atoms with Gasteiger partial charge in [0.1, 0.15) is 5.60 Å².